The minimum absolute atomic E-state index is 0.157. The van der Waals surface area contributed by atoms with Gasteiger partial charge < -0.3 is 9.84 Å². The molecule has 0 saturated carbocycles. The summed E-state index contributed by atoms with van der Waals surface area (Å²) in [6.45, 7) is 5.99. The van der Waals surface area contributed by atoms with Crippen molar-refractivity contribution in [1.29, 1.82) is 0 Å². The van der Waals surface area contributed by atoms with Crippen molar-refractivity contribution in [3.05, 3.63) is 27.8 Å². The van der Waals surface area contributed by atoms with Crippen molar-refractivity contribution in [3.63, 3.8) is 0 Å². The summed E-state index contributed by atoms with van der Waals surface area (Å²) in [7, 11) is 0. The molecular formula is C12H15ClO3. The largest absolute Gasteiger partial charge is 0.493 e. The highest BCUT2D eigenvalue weighted by molar-refractivity contribution is 6.32. The Bertz CT molecular complexity index is 413. The molecule has 3 nitrogen and oxygen atoms in total. The van der Waals surface area contributed by atoms with Crippen LogP contribution < -0.4 is 4.74 Å². The highest BCUT2D eigenvalue weighted by Gasteiger charge is 2.18. The molecule has 0 saturated heterocycles. The monoisotopic (exact) mass is 242 g/mol. The van der Waals surface area contributed by atoms with E-state index in [9.17, 15) is 4.79 Å². The van der Waals surface area contributed by atoms with Gasteiger partial charge in [0.1, 0.15) is 11.3 Å². The fourth-order valence-electron chi connectivity index (χ4n) is 1.51. The van der Waals surface area contributed by atoms with Crippen molar-refractivity contribution in [1.82, 2.24) is 0 Å². The van der Waals surface area contributed by atoms with Crippen LogP contribution in [0.4, 0.5) is 0 Å². The van der Waals surface area contributed by atoms with Crippen molar-refractivity contribution < 1.29 is 14.6 Å². The number of carboxylic acid groups (broad SMARTS) is 1. The summed E-state index contributed by atoms with van der Waals surface area (Å²) >= 11 is 6.01. The lowest BCUT2D eigenvalue weighted by Crippen LogP contribution is -2.07. The molecule has 0 fully saturated rings. The summed E-state index contributed by atoms with van der Waals surface area (Å²) in [5.41, 5.74) is 1.54. The minimum Gasteiger partial charge on any atom is -0.493 e. The summed E-state index contributed by atoms with van der Waals surface area (Å²) in [6.07, 6.45) is 0.833. The molecule has 0 amide bonds. The Kier molecular flexibility index (Phi) is 4.19. The summed E-state index contributed by atoms with van der Waals surface area (Å²) in [6, 6.07) is 1.68. The van der Waals surface area contributed by atoms with E-state index in [1.807, 2.05) is 13.8 Å². The number of hydrogen-bond donors (Lipinski definition) is 1. The first-order valence-electron chi connectivity index (χ1n) is 5.14. The van der Waals surface area contributed by atoms with Crippen LogP contribution >= 0.6 is 11.6 Å². The molecule has 88 valence electrons. The smallest absolute Gasteiger partial charge is 0.339 e. The molecule has 0 aliphatic rings. The molecule has 1 aromatic rings. The Morgan fingerprint density at radius 2 is 2.12 bits per heavy atom. The summed E-state index contributed by atoms with van der Waals surface area (Å²) in [5, 5.41) is 9.61. The van der Waals surface area contributed by atoms with Gasteiger partial charge in [-0.05, 0) is 37.5 Å². The first-order chi connectivity index (χ1) is 7.49. The number of carbonyl (C=O) groups is 1. The maximum atomic E-state index is 11.1. The fourth-order valence-corrected chi connectivity index (χ4v) is 1.66. The third kappa shape index (κ3) is 2.47. The lowest BCUT2D eigenvalue weighted by molar-refractivity contribution is 0.0691. The Hall–Kier alpha value is -1.22. The molecule has 0 spiro atoms. The van der Waals surface area contributed by atoms with Crippen LogP contribution in [0.25, 0.3) is 0 Å². The van der Waals surface area contributed by atoms with Gasteiger partial charge in [0.05, 0.1) is 6.61 Å². The first-order valence-corrected chi connectivity index (χ1v) is 5.52. The third-order valence-electron chi connectivity index (χ3n) is 2.32. The topological polar surface area (TPSA) is 46.5 Å². The Morgan fingerprint density at radius 3 is 2.62 bits per heavy atom. The molecule has 0 aliphatic heterocycles. The molecule has 1 N–H and O–H groups in total. The molecule has 0 unspecified atom stereocenters. The van der Waals surface area contributed by atoms with E-state index in [1.165, 1.54) is 0 Å². The van der Waals surface area contributed by atoms with E-state index in [0.717, 1.165) is 12.0 Å². The number of aromatic carboxylic acids is 1. The van der Waals surface area contributed by atoms with E-state index < -0.39 is 5.97 Å². The van der Waals surface area contributed by atoms with Crippen molar-refractivity contribution in [2.45, 2.75) is 27.2 Å². The molecule has 0 radical (unpaired) electrons. The van der Waals surface area contributed by atoms with Gasteiger partial charge in [-0.3, -0.25) is 0 Å². The maximum Gasteiger partial charge on any atom is 0.339 e. The van der Waals surface area contributed by atoms with Gasteiger partial charge in [-0.2, -0.15) is 0 Å². The number of hydrogen-bond acceptors (Lipinski definition) is 2. The second kappa shape index (κ2) is 5.21. The second-order valence-electron chi connectivity index (χ2n) is 3.66. The molecule has 0 aromatic heterocycles. The average Bonchev–Trinajstić information content (AvgIpc) is 2.22. The molecule has 16 heavy (non-hydrogen) atoms. The number of carboxylic acids is 1. The van der Waals surface area contributed by atoms with Gasteiger partial charge in [0.15, 0.2) is 0 Å². The van der Waals surface area contributed by atoms with Crippen LogP contribution in [0.3, 0.4) is 0 Å². The number of benzene rings is 1. The van der Waals surface area contributed by atoms with Crippen molar-refractivity contribution >= 4 is 17.6 Å². The maximum absolute atomic E-state index is 11.1. The summed E-state index contributed by atoms with van der Waals surface area (Å²) < 4.78 is 5.42. The number of rotatable bonds is 4. The zero-order valence-corrected chi connectivity index (χ0v) is 10.4. The first kappa shape index (κ1) is 12.8. The summed E-state index contributed by atoms with van der Waals surface area (Å²) in [4.78, 5) is 11.1. The molecular weight excluding hydrogens is 228 g/mol. The van der Waals surface area contributed by atoms with Crippen LogP contribution in [0.15, 0.2) is 6.07 Å². The fraction of sp³-hybridized carbons (Fsp3) is 0.417. The Labute approximate surface area is 100.0 Å². The number of ether oxygens (including phenoxy) is 1. The van der Waals surface area contributed by atoms with Gasteiger partial charge in [-0.25, -0.2) is 4.79 Å². The molecule has 0 bridgehead atoms. The van der Waals surface area contributed by atoms with Gasteiger partial charge in [0, 0.05) is 5.02 Å². The van der Waals surface area contributed by atoms with E-state index in [-0.39, 0.29) is 5.56 Å². The van der Waals surface area contributed by atoms with E-state index in [4.69, 9.17) is 21.4 Å². The Morgan fingerprint density at radius 1 is 1.50 bits per heavy atom. The molecule has 1 rings (SSSR count). The second-order valence-corrected chi connectivity index (χ2v) is 4.04. The van der Waals surface area contributed by atoms with Crippen LogP contribution in [0.1, 0.15) is 34.8 Å². The van der Waals surface area contributed by atoms with Gasteiger partial charge in [0.2, 0.25) is 0 Å². The van der Waals surface area contributed by atoms with Crippen LogP contribution in [-0.4, -0.2) is 17.7 Å². The molecule has 4 heteroatoms. The van der Waals surface area contributed by atoms with Crippen molar-refractivity contribution in [2.75, 3.05) is 6.61 Å². The van der Waals surface area contributed by atoms with E-state index in [2.05, 4.69) is 0 Å². The van der Waals surface area contributed by atoms with Crippen LogP contribution in [0, 0.1) is 13.8 Å². The van der Waals surface area contributed by atoms with Crippen LogP contribution in [0.2, 0.25) is 5.02 Å². The normalized spacial score (nSPS) is 10.2. The highest BCUT2D eigenvalue weighted by atomic mass is 35.5. The lowest BCUT2D eigenvalue weighted by atomic mass is 10.0. The quantitative estimate of drug-likeness (QED) is 0.880. The zero-order valence-electron chi connectivity index (χ0n) is 9.63. The molecule has 0 atom stereocenters. The highest BCUT2D eigenvalue weighted by Crippen LogP contribution is 2.31. The molecule has 0 heterocycles. The zero-order chi connectivity index (χ0) is 12.3. The van der Waals surface area contributed by atoms with Gasteiger partial charge in [-0.1, -0.05) is 18.5 Å². The minimum atomic E-state index is -1.01. The molecule has 1 aromatic carbocycles. The summed E-state index contributed by atoms with van der Waals surface area (Å²) in [5.74, 6) is -0.612. The number of aryl methyl sites for hydroxylation is 1. The van der Waals surface area contributed by atoms with Gasteiger partial charge >= 0.3 is 5.97 Å². The lowest BCUT2D eigenvalue weighted by Gasteiger charge is -2.13. The molecule has 0 aliphatic carbocycles. The van der Waals surface area contributed by atoms with Gasteiger partial charge in [0.25, 0.3) is 0 Å². The van der Waals surface area contributed by atoms with E-state index in [0.29, 0.717) is 22.9 Å². The van der Waals surface area contributed by atoms with E-state index >= 15 is 0 Å². The SMILES string of the molecule is CCCOc1cc(C)c(Cl)c(C)c1C(=O)O. The van der Waals surface area contributed by atoms with Crippen molar-refractivity contribution in [2.24, 2.45) is 0 Å². The third-order valence-corrected chi connectivity index (χ3v) is 2.90. The van der Waals surface area contributed by atoms with Crippen molar-refractivity contribution in [3.8, 4) is 5.75 Å². The predicted octanol–water partition coefficient (Wildman–Crippen LogP) is 3.44. The van der Waals surface area contributed by atoms with Crippen LogP contribution in [0.5, 0.6) is 5.75 Å². The number of halogens is 1. The van der Waals surface area contributed by atoms with E-state index in [1.54, 1.807) is 13.0 Å². The Balaban J connectivity index is 3.29. The van der Waals surface area contributed by atoms with Crippen LogP contribution in [-0.2, 0) is 0 Å². The van der Waals surface area contributed by atoms with Gasteiger partial charge in [-0.15, -0.1) is 0 Å². The standard InChI is InChI=1S/C12H15ClO3/c1-4-5-16-9-6-7(2)11(13)8(3)10(9)12(14)15/h6H,4-5H2,1-3H3,(H,14,15). The average molecular weight is 243 g/mol. The predicted molar refractivity (Wildman–Crippen MR) is 63.7 cm³/mol.